The van der Waals surface area contributed by atoms with Crippen molar-refractivity contribution in [3.05, 3.63) is 68.7 Å². The number of nitro benzene ring substituents is 1. The minimum absolute atomic E-state index is 0.174. The zero-order valence-electron chi connectivity index (χ0n) is 15.0. The van der Waals surface area contributed by atoms with Crippen molar-refractivity contribution in [1.29, 1.82) is 0 Å². The zero-order valence-corrected chi connectivity index (χ0v) is 16.6. The van der Waals surface area contributed by atoms with Gasteiger partial charge in [0.25, 0.3) is 11.6 Å². The summed E-state index contributed by atoms with van der Waals surface area (Å²) in [4.78, 5) is 22.5. The second-order valence-electron chi connectivity index (χ2n) is 5.81. The van der Waals surface area contributed by atoms with Gasteiger partial charge in [-0.3, -0.25) is 19.2 Å². The largest absolute Gasteiger partial charge is 0.278 e. The molecule has 0 atom stereocenters. The number of nitro groups is 1. The zero-order chi connectivity index (χ0) is 20.9. The molecule has 0 aliphatic heterocycles. The van der Waals surface area contributed by atoms with Crippen molar-refractivity contribution in [2.24, 2.45) is 5.10 Å². The lowest BCUT2D eigenvalue weighted by Crippen LogP contribution is -2.39. The summed E-state index contributed by atoms with van der Waals surface area (Å²) in [5.74, 6) is -0.725. The summed E-state index contributed by atoms with van der Waals surface area (Å²) in [5, 5.41) is 15.0. The van der Waals surface area contributed by atoms with Gasteiger partial charge in [0.1, 0.15) is 6.54 Å². The fourth-order valence-electron chi connectivity index (χ4n) is 2.24. The Labute approximate surface area is 166 Å². The standard InChI is InChI=1S/C17H17ClN4O5S/c1-12-7-8-14(9-15(12)18)21(28(2,26)27)11-17(23)20-19-10-13-5-3-4-6-16(13)22(24)25/h3-10H,11H2,1-2H3,(H,20,23)/b19-10-. The van der Waals surface area contributed by atoms with Crippen LogP contribution in [0.3, 0.4) is 0 Å². The number of hydrogen-bond donors (Lipinski definition) is 1. The summed E-state index contributed by atoms with van der Waals surface area (Å²) in [6.07, 6.45) is 2.08. The molecule has 0 saturated heterocycles. The Hall–Kier alpha value is -2.98. The predicted octanol–water partition coefficient (Wildman–Crippen LogP) is 2.47. The molecule has 1 amide bonds. The van der Waals surface area contributed by atoms with Gasteiger partial charge in [-0.05, 0) is 30.7 Å². The molecule has 28 heavy (non-hydrogen) atoms. The fraction of sp³-hybridized carbons (Fsp3) is 0.176. The van der Waals surface area contributed by atoms with Crippen molar-refractivity contribution >= 4 is 45.1 Å². The van der Waals surface area contributed by atoms with Crippen molar-refractivity contribution < 1.29 is 18.1 Å². The molecule has 0 heterocycles. The highest BCUT2D eigenvalue weighted by Crippen LogP contribution is 2.24. The number of aryl methyl sites for hydroxylation is 1. The lowest BCUT2D eigenvalue weighted by Gasteiger charge is -2.21. The molecule has 0 aromatic heterocycles. The minimum Gasteiger partial charge on any atom is -0.271 e. The molecule has 2 rings (SSSR count). The highest BCUT2D eigenvalue weighted by Gasteiger charge is 2.21. The third-order valence-electron chi connectivity index (χ3n) is 3.66. The number of nitrogens with zero attached hydrogens (tertiary/aromatic N) is 3. The molecule has 9 nitrogen and oxygen atoms in total. The second-order valence-corrected chi connectivity index (χ2v) is 8.13. The molecule has 0 aliphatic rings. The van der Waals surface area contributed by atoms with Crippen molar-refractivity contribution in [3.8, 4) is 0 Å². The first-order valence-electron chi connectivity index (χ1n) is 7.89. The van der Waals surface area contributed by atoms with Crippen molar-refractivity contribution in [2.75, 3.05) is 17.1 Å². The average Bonchev–Trinajstić information content (AvgIpc) is 2.61. The first-order valence-corrected chi connectivity index (χ1v) is 10.1. The van der Waals surface area contributed by atoms with Crippen LogP contribution in [0.1, 0.15) is 11.1 Å². The minimum atomic E-state index is -3.77. The Morgan fingerprint density at radius 2 is 2.00 bits per heavy atom. The van der Waals surface area contributed by atoms with Gasteiger partial charge in [0.2, 0.25) is 10.0 Å². The van der Waals surface area contributed by atoms with Crippen LogP contribution in [0, 0.1) is 17.0 Å². The van der Waals surface area contributed by atoms with E-state index >= 15 is 0 Å². The van der Waals surface area contributed by atoms with E-state index in [0.717, 1.165) is 22.3 Å². The number of sulfonamides is 1. The van der Waals surface area contributed by atoms with E-state index in [1.54, 1.807) is 19.1 Å². The number of hydrazone groups is 1. The van der Waals surface area contributed by atoms with Crippen molar-refractivity contribution in [3.63, 3.8) is 0 Å². The van der Waals surface area contributed by atoms with Gasteiger partial charge < -0.3 is 0 Å². The monoisotopic (exact) mass is 424 g/mol. The molecular weight excluding hydrogens is 408 g/mol. The van der Waals surface area contributed by atoms with E-state index in [2.05, 4.69) is 10.5 Å². The maximum atomic E-state index is 12.1. The summed E-state index contributed by atoms with van der Waals surface area (Å²) in [6.45, 7) is 1.23. The number of para-hydroxylation sites is 1. The van der Waals surface area contributed by atoms with Crippen LogP contribution in [-0.4, -0.2) is 38.3 Å². The van der Waals surface area contributed by atoms with E-state index in [1.165, 1.54) is 30.3 Å². The first kappa shape index (κ1) is 21.3. The number of anilines is 1. The highest BCUT2D eigenvalue weighted by molar-refractivity contribution is 7.92. The van der Waals surface area contributed by atoms with Crippen LogP contribution in [0.5, 0.6) is 0 Å². The van der Waals surface area contributed by atoms with Crippen LogP contribution in [0.25, 0.3) is 0 Å². The van der Waals surface area contributed by atoms with Gasteiger partial charge in [0, 0.05) is 11.1 Å². The molecule has 2 aromatic rings. The molecule has 0 unspecified atom stereocenters. The van der Waals surface area contributed by atoms with Crippen LogP contribution in [0.2, 0.25) is 5.02 Å². The summed E-state index contributed by atoms with van der Waals surface area (Å²) < 4.78 is 25.0. The smallest absolute Gasteiger partial charge is 0.271 e. The molecule has 2 aromatic carbocycles. The molecular formula is C17H17ClN4O5S. The molecule has 11 heteroatoms. The molecule has 0 spiro atoms. The van der Waals surface area contributed by atoms with Gasteiger partial charge >= 0.3 is 0 Å². The predicted molar refractivity (Wildman–Crippen MR) is 107 cm³/mol. The van der Waals surface area contributed by atoms with Crippen LogP contribution in [0.15, 0.2) is 47.6 Å². The van der Waals surface area contributed by atoms with E-state index in [-0.39, 0.29) is 16.9 Å². The lowest BCUT2D eigenvalue weighted by atomic mass is 10.2. The highest BCUT2D eigenvalue weighted by atomic mass is 35.5. The molecule has 1 N–H and O–H groups in total. The molecule has 148 valence electrons. The average molecular weight is 425 g/mol. The molecule has 0 bridgehead atoms. The van der Waals surface area contributed by atoms with Gasteiger partial charge in [0.05, 0.1) is 28.6 Å². The number of rotatable bonds is 7. The molecule has 0 aliphatic carbocycles. The number of hydrogen-bond acceptors (Lipinski definition) is 6. The quantitative estimate of drug-likeness (QED) is 0.415. The number of halogens is 1. The topological polar surface area (TPSA) is 122 Å². The maximum absolute atomic E-state index is 12.1. The molecule has 0 fully saturated rings. The number of amides is 1. The van der Waals surface area contributed by atoms with Crippen LogP contribution >= 0.6 is 11.6 Å². The first-order chi connectivity index (χ1) is 13.1. The van der Waals surface area contributed by atoms with Gasteiger partial charge in [0.15, 0.2) is 0 Å². The van der Waals surface area contributed by atoms with Gasteiger partial charge in [-0.1, -0.05) is 29.8 Å². The third-order valence-corrected chi connectivity index (χ3v) is 5.21. The normalized spacial score (nSPS) is 11.4. The van der Waals surface area contributed by atoms with Crippen molar-refractivity contribution in [1.82, 2.24) is 5.43 Å². The van der Waals surface area contributed by atoms with Gasteiger partial charge in [-0.2, -0.15) is 5.10 Å². The Kier molecular flexibility index (Phi) is 6.71. The Balaban J connectivity index is 2.15. The van der Waals surface area contributed by atoms with Gasteiger partial charge in [-0.15, -0.1) is 0 Å². The summed E-state index contributed by atoms with van der Waals surface area (Å²) in [7, 11) is -3.77. The van der Waals surface area contributed by atoms with Crippen molar-refractivity contribution in [2.45, 2.75) is 6.92 Å². The van der Waals surface area contributed by atoms with E-state index in [9.17, 15) is 23.3 Å². The third kappa shape index (κ3) is 5.51. The number of carbonyl (C=O) groups excluding carboxylic acids is 1. The van der Waals surface area contributed by atoms with E-state index in [1.807, 2.05) is 0 Å². The molecule has 0 saturated carbocycles. The summed E-state index contributed by atoms with van der Waals surface area (Å²) >= 11 is 6.04. The van der Waals surface area contributed by atoms with E-state index in [4.69, 9.17) is 11.6 Å². The lowest BCUT2D eigenvalue weighted by molar-refractivity contribution is -0.385. The summed E-state index contributed by atoms with van der Waals surface area (Å²) in [5.41, 5.74) is 3.18. The Morgan fingerprint density at radius 3 is 2.61 bits per heavy atom. The summed E-state index contributed by atoms with van der Waals surface area (Å²) in [6, 6.07) is 10.5. The fourth-order valence-corrected chi connectivity index (χ4v) is 3.26. The number of carbonyl (C=O) groups is 1. The van der Waals surface area contributed by atoms with Crippen LogP contribution in [-0.2, 0) is 14.8 Å². The second kappa shape index (κ2) is 8.81. The number of nitrogens with one attached hydrogen (secondary N) is 1. The SMILES string of the molecule is Cc1ccc(N(CC(=O)N/N=C\c2ccccc2[N+](=O)[O-])S(C)(=O)=O)cc1Cl. The molecule has 0 radical (unpaired) electrons. The van der Waals surface area contributed by atoms with E-state index in [0.29, 0.717) is 5.02 Å². The van der Waals surface area contributed by atoms with Crippen LogP contribution in [0.4, 0.5) is 11.4 Å². The van der Waals surface area contributed by atoms with Gasteiger partial charge in [-0.25, -0.2) is 13.8 Å². The van der Waals surface area contributed by atoms with Crippen LogP contribution < -0.4 is 9.73 Å². The Morgan fingerprint density at radius 1 is 1.32 bits per heavy atom. The van der Waals surface area contributed by atoms with E-state index < -0.39 is 27.4 Å². The Bertz CT molecular complexity index is 1040. The maximum Gasteiger partial charge on any atom is 0.278 e. The number of benzene rings is 2.